The molecule has 0 unspecified atom stereocenters. The second kappa shape index (κ2) is 4.45. The zero-order chi connectivity index (χ0) is 13.3. The molecule has 0 aliphatic carbocycles. The van der Waals surface area contributed by atoms with Gasteiger partial charge < -0.3 is 10.2 Å². The number of furan rings is 1. The van der Waals surface area contributed by atoms with Crippen LogP contribution < -0.4 is 5.73 Å². The molecular weight excluding hydrogens is 250 g/mol. The zero-order valence-electron chi connectivity index (χ0n) is 9.09. The van der Waals surface area contributed by atoms with E-state index in [1.165, 1.54) is 12.1 Å². The molecule has 2 nitrogen and oxygen atoms in total. The molecule has 96 valence electrons. The first-order valence-corrected chi connectivity index (χ1v) is 5.07. The summed E-state index contributed by atoms with van der Waals surface area (Å²) in [6.07, 6.45) is -4.52. The van der Waals surface area contributed by atoms with E-state index in [0.717, 1.165) is 6.07 Å². The van der Waals surface area contributed by atoms with Gasteiger partial charge in [-0.25, -0.2) is 4.39 Å². The molecule has 0 bridgehead atoms. The Morgan fingerprint density at radius 2 is 1.83 bits per heavy atom. The molecule has 6 heteroatoms. The number of alkyl halides is 3. The van der Waals surface area contributed by atoms with Crippen LogP contribution in [0.5, 0.6) is 0 Å². The van der Waals surface area contributed by atoms with Crippen LogP contribution >= 0.6 is 0 Å². The predicted octanol–water partition coefficient (Wildman–Crippen LogP) is 3.56. The van der Waals surface area contributed by atoms with Gasteiger partial charge >= 0.3 is 6.18 Å². The van der Waals surface area contributed by atoms with Gasteiger partial charge in [0, 0.05) is 0 Å². The van der Waals surface area contributed by atoms with E-state index in [1.807, 2.05) is 0 Å². The number of nitrogens with two attached hydrogens (primary N) is 1. The van der Waals surface area contributed by atoms with Crippen LogP contribution in [0.1, 0.15) is 11.3 Å². The molecule has 0 aliphatic heterocycles. The van der Waals surface area contributed by atoms with Crippen molar-refractivity contribution in [2.45, 2.75) is 12.7 Å². The summed E-state index contributed by atoms with van der Waals surface area (Å²) < 4.78 is 56.2. The number of hydrogen-bond donors (Lipinski definition) is 1. The third-order valence-electron chi connectivity index (χ3n) is 2.42. The molecule has 0 radical (unpaired) electrons. The monoisotopic (exact) mass is 259 g/mol. The molecule has 0 aliphatic rings. The van der Waals surface area contributed by atoms with Gasteiger partial charge in [-0.05, 0) is 30.3 Å². The van der Waals surface area contributed by atoms with Crippen LogP contribution in [0.25, 0.3) is 11.3 Å². The minimum Gasteiger partial charge on any atom is -0.460 e. The third kappa shape index (κ3) is 2.38. The molecule has 1 heterocycles. The van der Waals surface area contributed by atoms with Gasteiger partial charge in [-0.15, -0.1) is 0 Å². The number of hydrogen-bond acceptors (Lipinski definition) is 2. The van der Waals surface area contributed by atoms with Gasteiger partial charge in [0.2, 0.25) is 0 Å². The van der Waals surface area contributed by atoms with E-state index in [0.29, 0.717) is 17.9 Å². The van der Waals surface area contributed by atoms with Crippen molar-refractivity contribution in [2.24, 2.45) is 5.73 Å². The van der Waals surface area contributed by atoms with Crippen molar-refractivity contribution in [3.05, 3.63) is 47.5 Å². The summed E-state index contributed by atoms with van der Waals surface area (Å²) in [4.78, 5) is 0. The average Bonchev–Trinajstić information content (AvgIpc) is 2.76. The molecule has 2 aromatic rings. The maximum absolute atomic E-state index is 13.5. The Labute approximate surface area is 100 Å². The molecular formula is C12H9F4NO. The minimum absolute atomic E-state index is 0.0269. The van der Waals surface area contributed by atoms with Crippen LogP contribution in [0.4, 0.5) is 17.6 Å². The van der Waals surface area contributed by atoms with Crippen molar-refractivity contribution in [2.75, 3.05) is 0 Å². The van der Waals surface area contributed by atoms with E-state index in [4.69, 9.17) is 10.2 Å². The van der Waals surface area contributed by atoms with Crippen molar-refractivity contribution < 1.29 is 22.0 Å². The molecule has 2 N–H and O–H groups in total. The van der Waals surface area contributed by atoms with Crippen LogP contribution in [-0.2, 0) is 12.7 Å². The topological polar surface area (TPSA) is 39.2 Å². The fraction of sp³-hybridized carbons (Fsp3) is 0.167. The highest BCUT2D eigenvalue weighted by atomic mass is 19.4. The second-order valence-electron chi connectivity index (χ2n) is 3.66. The largest absolute Gasteiger partial charge is 0.460 e. The summed E-state index contributed by atoms with van der Waals surface area (Å²) in [5.74, 6) is -0.373. The van der Waals surface area contributed by atoms with Crippen LogP contribution in [0.15, 0.2) is 34.7 Å². The third-order valence-corrected chi connectivity index (χ3v) is 2.42. The first-order valence-electron chi connectivity index (χ1n) is 5.07. The molecule has 18 heavy (non-hydrogen) atoms. The van der Waals surface area contributed by atoms with Crippen LogP contribution in [0.3, 0.4) is 0 Å². The second-order valence-corrected chi connectivity index (χ2v) is 3.66. The Balaban J connectivity index is 2.49. The quantitative estimate of drug-likeness (QED) is 0.837. The number of benzene rings is 1. The van der Waals surface area contributed by atoms with Gasteiger partial charge in [-0.2, -0.15) is 13.2 Å². The molecule has 0 atom stereocenters. The van der Waals surface area contributed by atoms with Crippen LogP contribution in [-0.4, -0.2) is 0 Å². The van der Waals surface area contributed by atoms with Gasteiger partial charge in [-0.3, -0.25) is 0 Å². The molecule has 0 saturated heterocycles. The summed E-state index contributed by atoms with van der Waals surface area (Å²) in [5.41, 5.74) is 4.15. The Morgan fingerprint density at radius 3 is 2.39 bits per heavy atom. The zero-order valence-corrected chi connectivity index (χ0v) is 9.09. The Hall–Kier alpha value is -1.82. The minimum atomic E-state index is -4.52. The molecule has 1 aromatic heterocycles. The lowest BCUT2D eigenvalue weighted by Crippen LogP contribution is -2.05. The smallest absolute Gasteiger partial charge is 0.416 e. The Morgan fingerprint density at radius 1 is 1.11 bits per heavy atom. The Kier molecular flexibility index (Phi) is 3.13. The van der Waals surface area contributed by atoms with E-state index in [-0.39, 0.29) is 17.9 Å². The van der Waals surface area contributed by atoms with E-state index in [9.17, 15) is 17.6 Å². The molecule has 0 spiro atoms. The summed E-state index contributed by atoms with van der Waals surface area (Å²) in [7, 11) is 0. The highest BCUT2D eigenvalue weighted by Gasteiger charge is 2.31. The van der Waals surface area contributed by atoms with E-state index >= 15 is 0 Å². The summed E-state index contributed by atoms with van der Waals surface area (Å²) in [6, 6.07) is 5.05. The SMILES string of the molecule is NCc1ccc(-c2cc(C(F)(F)F)ccc2F)o1. The highest BCUT2D eigenvalue weighted by Crippen LogP contribution is 2.34. The summed E-state index contributed by atoms with van der Waals surface area (Å²) in [5, 5.41) is 0. The number of halogens is 4. The van der Waals surface area contributed by atoms with Gasteiger partial charge in [0.15, 0.2) is 0 Å². The standard InChI is InChI=1S/C12H9F4NO/c13-10-3-1-7(12(14,15)16)5-9(10)11-4-2-8(6-17)18-11/h1-5H,6,17H2. The molecule has 1 aromatic carbocycles. The summed E-state index contributed by atoms with van der Waals surface area (Å²) in [6.45, 7) is 0.0978. The molecule has 2 rings (SSSR count). The number of rotatable bonds is 2. The van der Waals surface area contributed by atoms with Crippen molar-refractivity contribution in [3.63, 3.8) is 0 Å². The fourth-order valence-corrected chi connectivity index (χ4v) is 1.52. The maximum Gasteiger partial charge on any atom is 0.416 e. The summed E-state index contributed by atoms with van der Waals surface area (Å²) >= 11 is 0. The van der Waals surface area contributed by atoms with Crippen LogP contribution in [0.2, 0.25) is 0 Å². The lowest BCUT2D eigenvalue weighted by Gasteiger charge is -2.08. The maximum atomic E-state index is 13.5. The van der Waals surface area contributed by atoms with Gasteiger partial charge in [0.25, 0.3) is 0 Å². The first-order chi connectivity index (χ1) is 8.41. The normalized spacial score (nSPS) is 11.8. The Bertz CT molecular complexity index is 559. The average molecular weight is 259 g/mol. The molecule has 0 saturated carbocycles. The van der Waals surface area contributed by atoms with E-state index in [2.05, 4.69) is 0 Å². The van der Waals surface area contributed by atoms with Crippen molar-refractivity contribution in [3.8, 4) is 11.3 Å². The van der Waals surface area contributed by atoms with Crippen molar-refractivity contribution >= 4 is 0 Å². The van der Waals surface area contributed by atoms with E-state index < -0.39 is 17.6 Å². The van der Waals surface area contributed by atoms with Gasteiger partial charge in [0.1, 0.15) is 17.3 Å². The molecule has 0 amide bonds. The van der Waals surface area contributed by atoms with Crippen LogP contribution in [0, 0.1) is 5.82 Å². The molecule has 0 fully saturated rings. The van der Waals surface area contributed by atoms with Gasteiger partial charge in [-0.1, -0.05) is 0 Å². The fourth-order valence-electron chi connectivity index (χ4n) is 1.52. The first kappa shape index (κ1) is 12.6. The highest BCUT2D eigenvalue weighted by molar-refractivity contribution is 5.59. The lowest BCUT2D eigenvalue weighted by molar-refractivity contribution is -0.137. The predicted molar refractivity (Wildman–Crippen MR) is 57.0 cm³/mol. The van der Waals surface area contributed by atoms with Gasteiger partial charge in [0.05, 0.1) is 17.7 Å². The van der Waals surface area contributed by atoms with Crippen molar-refractivity contribution in [1.82, 2.24) is 0 Å². The van der Waals surface area contributed by atoms with Crippen molar-refractivity contribution in [1.29, 1.82) is 0 Å². The van der Waals surface area contributed by atoms with E-state index in [1.54, 1.807) is 0 Å². The lowest BCUT2D eigenvalue weighted by atomic mass is 10.1.